The van der Waals surface area contributed by atoms with Crippen molar-refractivity contribution >= 4 is 17.3 Å². The number of rotatable bonds is 5. The standard InChI is InChI=1S/C28H30O12/c1-10-18(29)22(33)24(37-4)27(39-10)40-23-17-13(25(34)28(2,35)26(23)38-5)9-12-16(21(17)32)20(31)15-11(19(12)30)7-6-8-14(15)36-3/h6-10,18,22-24,26-27,29,32-33,35H,1-5H3/t10-,18-,22+,23+,24+,26-,27-,28+/m0/s1. The molecule has 214 valence electrons. The Hall–Kier alpha value is -3.23. The molecular formula is C28H30O12. The van der Waals surface area contributed by atoms with E-state index in [1.54, 1.807) is 0 Å². The van der Waals surface area contributed by atoms with Gasteiger partial charge >= 0.3 is 0 Å². The predicted octanol–water partition coefficient (Wildman–Crippen LogP) is 0.678. The Morgan fingerprint density at radius 1 is 0.925 bits per heavy atom. The van der Waals surface area contributed by atoms with Crippen molar-refractivity contribution in [1.29, 1.82) is 0 Å². The summed E-state index contributed by atoms with van der Waals surface area (Å²) in [5.74, 6) is -2.80. The SMILES string of the molecule is COc1cccc2c1C(=O)c1c(cc3c(c1O)[C@@H](O[C@@H]1O[C@@H](C)[C@H](O)[C@@H](O)[C@H]1OC)[C@H](OC)[C@](C)(O)C3=O)C2=O. The Labute approximate surface area is 229 Å². The first-order chi connectivity index (χ1) is 18.9. The topological polar surface area (TPSA) is 178 Å². The number of fused-ring (bicyclic) bond motifs is 3. The molecule has 3 aliphatic rings. The van der Waals surface area contributed by atoms with Gasteiger partial charge in [-0.1, -0.05) is 12.1 Å². The first-order valence-corrected chi connectivity index (χ1v) is 12.6. The third-order valence-electron chi connectivity index (χ3n) is 7.94. The molecule has 0 aromatic heterocycles. The van der Waals surface area contributed by atoms with Crippen molar-refractivity contribution in [3.05, 3.63) is 57.6 Å². The molecule has 2 aromatic rings. The molecule has 40 heavy (non-hydrogen) atoms. The van der Waals surface area contributed by atoms with Gasteiger partial charge in [-0.05, 0) is 26.0 Å². The van der Waals surface area contributed by atoms with E-state index in [2.05, 4.69) is 0 Å². The van der Waals surface area contributed by atoms with Gasteiger partial charge in [-0.2, -0.15) is 0 Å². The number of hydrogen-bond acceptors (Lipinski definition) is 12. The molecule has 8 atom stereocenters. The number of carbonyl (C=O) groups is 3. The maximum Gasteiger partial charge on any atom is 0.201 e. The molecule has 2 aliphatic carbocycles. The first kappa shape index (κ1) is 28.3. The molecule has 0 saturated carbocycles. The fourth-order valence-electron chi connectivity index (χ4n) is 5.81. The van der Waals surface area contributed by atoms with Gasteiger partial charge in [0.15, 0.2) is 23.5 Å². The van der Waals surface area contributed by atoms with E-state index in [1.807, 2.05) is 0 Å². The third kappa shape index (κ3) is 3.90. The van der Waals surface area contributed by atoms with Gasteiger partial charge in [-0.15, -0.1) is 0 Å². The number of phenolic OH excluding ortho intramolecular Hbond substituents is 1. The molecule has 2 aromatic carbocycles. The van der Waals surface area contributed by atoms with Crippen molar-refractivity contribution in [2.75, 3.05) is 21.3 Å². The van der Waals surface area contributed by atoms with Gasteiger partial charge in [0.05, 0.1) is 24.3 Å². The zero-order chi connectivity index (χ0) is 29.3. The fraction of sp³-hybridized carbons (Fsp3) is 0.464. The van der Waals surface area contributed by atoms with E-state index in [4.69, 9.17) is 23.7 Å². The van der Waals surface area contributed by atoms with Gasteiger partial charge in [0.1, 0.15) is 42.0 Å². The molecule has 1 aliphatic heterocycles. The maximum absolute atomic E-state index is 13.7. The molecule has 5 rings (SSSR count). The van der Waals surface area contributed by atoms with Crippen LogP contribution in [0.3, 0.4) is 0 Å². The van der Waals surface area contributed by atoms with Crippen molar-refractivity contribution in [2.24, 2.45) is 0 Å². The van der Waals surface area contributed by atoms with Crippen LogP contribution in [0.5, 0.6) is 11.5 Å². The van der Waals surface area contributed by atoms with Gasteiger partial charge < -0.3 is 44.1 Å². The Bertz CT molecular complexity index is 1400. The second-order valence-electron chi connectivity index (χ2n) is 10.2. The van der Waals surface area contributed by atoms with Crippen LogP contribution < -0.4 is 4.74 Å². The first-order valence-electron chi connectivity index (χ1n) is 12.6. The molecular weight excluding hydrogens is 528 g/mol. The third-order valence-corrected chi connectivity index (χ3v) is 7.94. The Morgan fingerprint density at radius 3 is 2.25 bits per heavy atom. The van der Waals surface area contributed by atoms with E-state index in [0.29, 0.717) is 0 Å². The van der Waals surface area contributed by atoms with Gasteiger partial charge in [0.25, 0.3) is 0 Å². The highest BCUT2D eigenvalue weighted by molar-refractivity contribution is 6.31. The zero-order valence-electron chi connectivity index (χ0n) is 22.4. The summed E-state index contributed by atoms with van der Waals surface area (Å²) in [6.07, 6.45) is -9.11. The lowest BCUT2D eigenvalue weighted by Crippen LogP contribution is -2.60. The summed E-state index contributed by atoms with van der Waals surface area (Å²) < 4.78 is 28.0. The van der Waals surface area contributed by atoms with Crippen LogP contribution in [0, 0.1) is 0 Å². The lowest BCUT2D eigenvalue weighted by Gasteiger charge is -2.46. The Kier molecular flexibility index (Phi) is 7.07. The normalized spacial score (nSPS) is 33.3. The summed E-state index contributed by atoms with van der Waals surface area (Å²) in [6.45, 7) is 2.70. The van der Waals surface area contributed by atoms with Crippen molar-refractivity contribution in [3.63, 3.8) is 0 Å². The van der Waals surface area contributed by atoms with Crippen molar-refractivity contribution in [2.45, 2.75) is 62.4 Å². The highest BCUT2D eigenvalue weighted by atomic mass is 16.7. The Balaban J connectivity index is 1.71. The van der Waals surface area contributed by atoms with Crippen LogP contribution >= 0.6 is 0 Å². The van der Waals surface area contributed by atoms with E-state index in [0.717, 1.165) is 6.07 Å². The molecule has 4 N–H and O–H groups in total. The lowest BCUT2D eigenvalue weighted by molar-refractivity contribution is -0.321. The molecule has 0 amide bonds. The quantitative estimate of drug-likeness (QED) is 0.345. The second-order valence-corrected chi connectivity index (χ2v) is 10.2. The molecule has 1 fully saturated rings. The van der Waals surface area contributed by atoms with E-state index in [9.17, 15) is 34.8 Å². The minimum absolute atomic E-state index is 0.0360. The number of ketones is 3. The lowest BCUT2D eigenvalue weighted by atomic mass is 9.72. The van der Waals surface area contributed by atoms with E-state index >= 15 is 0 Å². The summed E-state index contributed by atoms with van der Waals surface area (Å²) in [5.41, 5.74) is -3.29. The second kappa shape index (κ2) is 10.00. The average Bonchev–Trinajstić information content (AvgIpc) is 2.92. The largest absolute Gasteiger partial charge is 0.507 e. The zero-order valence-corrected chi connectivity index (χ0v) is 22.4. The van der Waals surface area contributed by atoms with Crippen LogP contribution in [0.1, 0.15) is 67.7 Å². The highest BCUT2D eigenvalue weighted by Gasteiger charge is 2.56. The maximum atomic E-state index is 13.7. The van der Waals surface area contributed by atoms with Gasteiger partial charge in [-0.25, -0.2) is 0 Å². The molecule has 12 heteroatoms. The van der Waals surface area contributed by atoms with Gasteiger partial charge in [0, 0.05) is 36.5 Å². The summed E-state index contributed by atoms with van der Waals surface area (Å²) >= 11 is 0. The molecule has 1 heterocycles. The predicted molar refractivity (Wildman–Crippen MR) is 135 cm³/mol. The summed E-state index contributed by atoms with van der Waals surface area (Å²) in [5, 5.41) is 43.7. The number of aromatic hydroxyl groups is 1. The van der Waals surface area contributed by atoms with Gasteiger partial charge in [0.2, 0.25) is 5.78 Å². The molecule has 0 spiro atoms. The van der Waals surface area contributed by atoms with Crippen LogP contribution in [0.2, 0.25) is 0 Å². The van der Waals surface area contributed by atoms with E-state index in [-0.39, 0.29) is 39.1 Å². The summed E-state index contributed by atoms with van der Waals surface area (Å²) in [6, 6.07) is 5.64. The van der Waals surface area contributed by atoms with Crippen molar-refractivity contribution in [3.8, 4) is 11.5 Å². The van der Waals surface area contributed by atoms with E-state index in [1.165, 1.54) is 53.4 Å². The summed E-state index contributed by atoms with van der Waals surface area (Å²) in [7, 11) is 3.82. The number of hydrogen-bond donors (Lipinski definition) is 4. The van der Waals surface area contributed by atoms with Gasteiger partial charge in [-0.3, -0.25) is 14.4 Å². The number of methoxy groups -OCH3 is 3. The number of Topliss-reactive ketones (excluding diaryl/α,β-unsaturated/α-hetero) is 1. The van der Waals surface area contributed by atoms with Crippen LogP contribution in [-0.4, -0.2) is 102 Å². The monoisotopic (exact) mass is 558 g/mol. The number of aliphatic hydroxyl groups excluding tert-OH is 2. The smallest absolute Gasteiger partial charge is 0.201 e. The highest BCUT2D eigenvalue weighted by Crippen LogP contribution is 2.49. The van der Waals surface area contributed by atoms with Crippen LogP contribution in [0.25, 0.3) is 0 Å². The number of benzene rings is 2. The van der Waals surface area contributed by atoms with Crippen LogP contribution in [0.15, 0.2) is 24.3 Å². The minimum atomic E-state index is -2.21. The van der Waals surface area contributed by atoms with E-state index < -0.39 is 71.6 Å². The van der Waals surface area contributed by atoms with Crippen molar-refractivity contribution < 1.29 is 58.5 Å². The molecule has 1 saturated heterocycles. The van der Waals surface area contributed by atoms with Crippen LogP contribution in [-0.2, 0) is 18.9 Å². The Morgan fingerprint density at radius 2 is 1.62 bits per heavy atom. The summed E-state index contributed by atoms with van der Waals surface area (Å²) in [4.78, 5) is 40.8. The molecule has 0 radical (unpaired) electrons. The number of ether oxygens (including phenoxy) is 5. The number of aliphatic hydroxyl groups is 3. The van der Waals surface area contributed by atoms with Crippen molar-refractivity contribution in [1.82, 2.24) is 0 Å². The average molecular weight is 559 g/mol. The van der Waals surface area contributed by atoms with Crippen LogP contribution in [0.4, 0.5) is 0 Å². The fourth-order valence-corrected chi connectivity index (χ4v) is 5.81. The number of carbonyl (C=O) groups excluding carboxylic acids is 3. The minimum Gasteiger partial charge on any atom is -0.507 e. The molecule has 0 bridgehead atoms. The number of phenols is 1. The molecule has 12 nitrogen and oxygen atoms in total. The molecule has 0 unspecified atom stereocenters.